The first-order valence-corrected chi connectivity index (χ1v) is 11.2. The topological polar surface area (TPSA) is 28.2 Å². The van der Waals surface area contributed by atoms with Crippen LogP contribution in [0.25, 0.3) is 0 Å². The molecular formula is C25H24ClF4N3. The lowest BCUT2D eigenvalue weighted by atomic mass is 9.96. The van der Waals surface area contributed by atoms with Crippen LogP contribution in [0.1, 0.15) is 41.1 Å². The van der Waals surface area contributed by atoms with Crippen LogP contribution in [-0.4, -0.2) is 29.0 Å². The predicted octanol–water partition coefficient (Wildman–Crippen LogP) is 6.24. The van der Waals surface area contributed by atoms with E-state index in [0.717, 1.165) is 49.2 Å². The Labute approximate surface area is 195 Å². The number of aromatic nitrogens is 1. The fraction of sp³-hybridized carbons (Fsp3) is 0.320. The number of likely N-dealkylation sites (tertiary alicyclic amines) is 1. The molecule has 3 nitrogen and oxygen atoms in total. The van der Waals surface area contributed by atoms with E-state index in [9.17, 15) is 17.6 Å². The number of rotatable bonds is 6. The van der Waals surface area contributed by atoms with Gasteiger partial charge in [0.2, 0.25) is 0 Å². The molecule has 1 aliphatic rings. The zero-order valence-corrected chi connectivity index (χ0v) is 18.6. The van der Waals surface area contributed by atoms with Crippen molar-refractivity contribution in [1.29, 1.82) is 0 Å². The number of hydrogen-bond donors (Lipinski definition) is 1. The monoisotopic (exact) mass is 477 g/mol. The molecule has 0 amide bonds. The summed E-state index contributed by atoms with van der Waals surface area (Å²) in [7, 11) is 0. The van der Waals surface area contributed by atoms with E-state index in [2.05, 4.69) is 15.2 Å². The van der Waals surface area contributed by atoms with Crippen molar-refractivity contribution in [3.8, 4) is 0 Å². The van der Waals surface area contributed by atoms with E-state index in [-0.39, 0.29) is 17.9 Å². The highest BCUT2D eigenvalue weighted by atomic mass is 35.5. The molecule has 1 N–H and O–H groups in total. The van der Waals surface area contributed by atoms with E-state index in [0.29, 0.717) is 17.1 Å². The Balaban J connectivity index is 1.40. The molecular weight excluding hydrogens is 454 g/mol. The molecule has 0 radical (unpaired) electrons. The van der Waals surface area contributed by atoms with Crippen LogP contribution in [0.4, 0.5) is 17.6 Å². The van der Waals surface area contributed by atoms with Gasteiger partial charge in [0, 0.05) is 35.6 Å². The summed E-state index contributed by atoms with van der Waals surface area (Å²) >= 11 is 5.94. The van der Waals surface area contributed by atoms with Crippen LogP contribution in [-0.2, 0) is 12.7 Å². The van der Waals surface area contributed by atoms with E-state index in [4.69, 9.17) is 11.6 Å². The van der Waals surface area contributed by atoms with Crippen molar-refractivity contribution in [2.75, 3.05) is 13.1 Å². The molecule has 174 valence electrons. The lowest BCUT2D eigenvalue weighted by Gasteiger charge is -2.35. The first-order valence-electron chi connectivity index (χ1n) is 10.8. The van der Waals surface area contributed by atoms with Crippen LogP contribution < -0.4 is 5.32 Å². The molecule has 1 aromatic heterocycles. The molecule has 0 aliphatic carbocycles. The molecule has 3 aromatic rings. The molecule has 1 saturated heterocycles. The summed E-state index contributed by atoms with van der Waals surface area (Å²) in [6, 6.07) is 13.6. The molecule has 1 fully saturated rings. The Morgan fingerprint density at radius 2 is 1.79 bits per heavy atom. The number of hydrogen-bond acceptors (Lipinski definition) is 3. The number of nitrogens with one attached hydrogen (secondary N) is 1. The second-order valence-electron chi connectivity index (χ2n) is 8.30. The van der Waals surface area contributed by atoms with Crippen molar-refractivity contribution >= 4 is 11.6 Å². The number of piperidine rings is 1. The van der Waals surface area contributed by atoms with Crippen LogP contribution in [0.2, 0.25) is 5.02 Å². The molecule has 33 heavy (non-hydrogen) atoms. The van der Waals surface area contributed by atoms with Crippen molar-refractivity contribution in [2.45, 2.75) is 37.6 Å². The minimum Gasteiger partial charge on any atom is -0.303 e. The Kier molecular flexibility index (Phi) is 7.32. The maximum absolute atomic E-state index is 14.7. The van der Waals surface area contributed by atoms with Gasteiger partial charge < -0.3 is 5.32 Å². The molecule has 1 atom stereocenters. The first-order chi connectivity index (χ1) is 15.8. The minimum atomic E-state index is -4.32. The smallest absolute Gasteiger partial charge is 0.303 e. The van der Waals surface area contributed by atoms with Crippen molar-refractivity contribution in [2.24, 2.45) is 0 Å². The number of pyridine rings is 1. The molecule has 0 saturated carbocycles. The van der Waals surface area contributed by atoms with Crippen LogP contribution in [0, 0.1) is 5.82 Å². The Morgan fingerprint density at radius 1 is 1.06 bits per heavy atom. The minimum absolute atomic E-state index is 0.161. The second kappa shape index (κ2) is 10.2. The number of alkyl halides is 3. The number of nitrogens with zero attached hydrogens (tertiary/aromatic N) is 2. The fourth-order valence-corrected chi connectivity index (χ4v) is 4.36. The van der Waals surface area contributed by atoms with Gasteiger partial charge in [-0.25, -0.2) is 4.39 Å². The highest BCUT2D eigenvalue weighted by Crippen LogP contribution is 2.30. The van der Waals surface area contributed by atoms with Gasteiger partial charge in [0.15, 0.2) is 0 Å². The van der Waals surface area contributed by atoms with Gasteiger partial charge in [-0.05, 0) is 67.4 Å². The zero-order chi connectivity index (χ0) is 23.4. The van der Waals surface area contributed by atoms with Gasteiger partial charge >= 0.3 is 6.18 Å². The average Bonchev–Trinajstić information content (AvgIpc) is 2.79. The van der Waals surface area contributed by atoms with Crippen molar-refractivity contribution in [1.82, 2.24) is 15.2 Å². The van der Waals surface area contributed by atoms with E-state index in [1.165, 1.54) is 18.2 Å². The van der Waals surface area contributed by atoms with Crippen molar-refractivity contribution in [3.63, 3.8) is 0 Å². The van der Waals surface area contributed by atoms with E-state index >= 15 is 0 Å². The normalized spacial score (nSPS) is 16.6. The van der Waals surface area contributed by atoms with Gasteiger partial charge in [-0.2, -0.15) is 13.2 Å². The summed E-state index contributed by atoms with van der Waals surface area (Å²) in [6.45, 7) is 2.19. The molecule has 1 unspecified atom stereocenters. The third-order valence-corrected chi connectivity index (χ3v) is 6.20. The van der Waals surface area contributed by atoms with Crippen LogP contribution in [0.5, 0.6) is 0 Å². The van der Waals surface area contributed by atoms with Gasteiger partial charge in [-0.3, -0.25) is 9.88 Å². The maximum Gasteiger partial charge on any atom is 0.416 e. The van der Waals surface area contributed by atoms with Gasteiger partial charge in [0.05, 0.1) is 11.6 Å². The van der Waals surface area contributed by atoms with Crippen molar-refractivity contribution < 1.29 is 17.6 Å². The van der Waals surface area contributed by atoms with Crippen LogP contribution in [0.15, 0.2) is 67.0 Å². The Bertz CT molecular complexity index is 1050. The first kappa shape index (κ1) is 23.7. The molecule has 1 aliphatic heterocycles. The van der Waals surface area contributed by atoms with Gasteiger partial charge in [-0.15, -0.1) is 0 Å². The lowest BCUT2D eigenvalue weighted by molar-refractivity contribution is -0.137. The predicted molar refractivity (Wildman–Crippen MR) is 120 cm³/mol. The van der Waals surface area contributed by atoms with E-state index in [1.807, 2.05) is 12.1 Å². The van der Waals surface area contributed by atoms with Crippen molar-refractivity contribution in [3.05, 3.63) is 100 Å². The molecule has 2 heterocycles. The lowest BCUT2D eigenvalue weighted by Crippen LogP contribution is -2.43. The molecule has 8 heteroatoms. The molecule has 0 bridgehead atoms. The summed E-state index contributed by atoms with van der Waals surface area (Å²) in [6.07, 6.45) is 0.764. The summed E-state index contributed by atoms with van der Waals surface area (Å²) in [5.74, 6) is -0.372. The zero-order valence-electron chi connectivity index (χ0n) is 17.8. The molecule has 0 spiro atoms. The highest BCUT2D eigenvalue weighted by molar-refractivity contribution is 6.30. The van der Waals surface area contributed by atoms with E-state index in [1.54, 1.807) is 24.5 Å². The summed E-state index contributed by atoms with van der Waals surface area (Å²) in [4.78, 5) is 6.41. The highest BCUT2D eigenvalue weighted by Gasteiger charge is 2.30. The third kappa shape index (κ3) is 6.10. The summed E-state index contributed by atoms with van der Waals surface area (Å²) in [5, 5.41) is 3.93. The largest absolute Gasteiger partial charge is 0.416 e. The Hall–Kier alpha value is -2.48. The average molecular weight is 478 g/mol. The van der Waals surface area contributed by atoms with Crippen LogP contribution >= 0.6 is 11.6 Å². The number of halogens is 5. The summed E-state index contributed by atoms with van der Waals surface area (Å²) < 4.78 is 53.0. The molecule has 4 rings (SSSR count). The quantitative estimate of drug-likeness (QED) is 0.426. The van der Waals surface area contributed by atoms with Gasteiger partial charge in [0.25, 0.3) is 0 Å². The van der Waals surface area contributed by atoms with Gasteiger partial charge in [0.1, 0.15) is 5.82 Å². The standard InChI is InChI=1S/C25H24ClF4N3/c26-20-7-8-22(23(27)14-20)24(18-2-1-11-31-15-18)32-21-9-12-33(13-10-21)16-17-3-5-19(6-4-17)25(28,29)30/h1-8,11,14-15,21,24,32H,9-10,12-13,16H2. The van der Waals surface area contributed by atoms with E-state index < -0.39 is 11.7 Å². The van der Waals surface area contributed by atoms with Gasteiger partial charge in [-0.1, -0.05) is 35.9 Å². The second-order valence-corrected chi connectivity index (χ2v) is 8.73. The third-order valence-electron chi connectivity index (χ3n) is 5.97. The summed E-state index contributed by atoms with van der Waals surface area (Å²) in [5.41, 5.74) is 1.60. The number of benzene rings is 2. The Morgan fingerprint density at radius 3 is 2.39 bits per heavy atom. The maximum atomic E-state index is 14.7. The SMILES string of the molecule is Fc1cc(Cl)ccc1C(NC1CCN(Cc2ccc(C(F)(F)F)cc2)CC1)c1cccnc1. The van der Waals surface area contributed by atoms with Crippen LogP contribution in [0.3, 0.4) is 0 Å². The molecule has 2 aromatic carbocycles. The fourth-order valence-electron chi connectivity index (χ4n) is 4.20.